The van der Waals surface area contributed by atoms with Crippen molar-refractivity contribution in [1.82, 2.24) is 15.0 Å². The Morgan fingerprint density at radius 2 is 2.14 bits per heavy atom. The van der Waals surface area contributed by atoms with Gasteiger partial charge in [-0.15, -0.1) is 11.3 Å². The van der Waals surface area contributed by atoms with E-state index < -0.39 is 0 Å². The van der Waals surface area contributed by atoms with Gasteiger partial charge in [0.2, 0.25) is 11.9 Å². The normalized spacial score (nSPS) is 14.4. The molecule has 1 aliphatic heterocycles. The Morgan fingerprint density at radius 1 is 1.29 bits per heavy atom. The van der Waals surface area contributed by atoms with Gasteiger partial charge in [-0.25, -0.2) is 0 Å². The highest BCUT2D eigenvalue weighted by Crippen LogP contribution is 2.20. The van der Waals surface area contributed by atoms with Crippen molar-refractivity contribution in [2.75, 3.05) is 29.9 Å². The molecule has 1 aliphatic rings. The van der Waals surface area contributed by atoms with Gasteiger partial charge >= 0.3 is 6.01 Å². The molecule has 0 amide bonds. The van der Waals surface area contributed by atoms with E-state index in [0.29, 0.717) is 24.5 Å². The number of thiophene rings is 1. The minimum absolute atomic E-state index is 0.385. The molecule has 0 saturated carbocycles. The molecular formula is C14H19N5OS. The van der Waals surface area contributed by atoms with Gasteiger partial charge in [0, 0.05) is 24.5 Å². The van der Waals surface area contributed by atoms with E-state index in [2.05, 4.69) is 25.2 Å². The van der Waals surface area contributed by atoms with E-state index in [9.17, 15) is 0 Å². The van der Waals surface area contributed by atoms with Crippen molar-refractivity contribution >= 4 is 23.2 Å². The number of nitrogens with zero attached hydrogens (tertiary/aromatic N) is 4. The van der Waals surface area contributed by atoms with Gasteiger partial charge in [-0.2, -0.15) is 15.0 Å². The zero-order valence-corrected chi connectivity index (χ0v) is 12.9. The summed E-state index contributed by atoms with van der Waals surface area (Å²) < 4.78 is 5.72. The van der Waals surface area contributed by atoms with E-state index in [-0.39, 0.29) is 0 Å². The first-order valence-electron chi connectivity index (χ1n) is 7.25. The zero-order valence-electron chi connectivity index (χ0n) is 12.1. The molecule has 6 nitrogen and oxygen atoms in total. The summed E-state index contributed by atoms with van der Waals surface area (Å²) in [6, 6.07) is 4.44. The summed E-state index contributed by atoms with van der Waals surface area (Å²) in [5.41, 5.74) is 0. The molecule has 0 atom stereocenters. The average molecular weight is 305 g/mol. The lowest BCUT2D eigenvalue weighted by Crippen LogP contribution is -2.22. The van der Waals surface area contributed by atoms with Gasteiger partial charge in [0.15, 0.2) is 0 Å². The van der Waals surface area contributed by atoms with Gasteiger partial charge in [-0.05, 0) is 31.2 Å². The van der Waals surface area contributed by atoms with Crippen LogP contribution >= 0.6 is 11.3 Å². The molecule has 0 bridgehead atoms. The standard InChI is InChI=1S/C14H19N5OS/c1-2-15-12-16-13(19-7-3-4-8-19)18-14(17-12)20-10-11-6-5-9-21-11/h5-6,9H,2-4,7-8,10H2,1H3,(H,15,16,17,18). The van der Waals surface area contributed by atoms with Gasteiger partial charge in [0.1, 0.15) is 6.61 Å². The Kier molecular flexibility index (Phi) is 4.49. The molecule has 1 saturated heterocycles. The fourth-order valence-corrected chi connectivity index (χ4v) is 2.85. The Labute approximate surface area is 128 Å². The quantitative estimate of drug-likeness (QED) is 0.885. The maximum atomic E-state index is 5.72. The summed E-state index contributed by atoms with van der Waals surface area (Å²) >= 11 is 1.66. The van der Waals surface area contributed by atoms with Crippen LogP contribution in [0, 0.1) is 0 Å². The second-order valence-electron chi connectivity index (χ2n) is 4.83. The maximum absolute atomic E-state index is 5.72. The first kappa shape index (κ1) is 14.1. The summed E-state index contributed by atoms with van der Waals surface area (Å²) in [6.07, 6.45) is 2.38. The predicted octanol–water partition coefficient (Wildman–Crippen LogP) is 2.54. The predicted molar refractivity (Wildman–Crippen MR) is 84.1 cm³/mol. The number of hydrogen-bond acceptors (Lipinski definition) is 7. The molecule has 0 aliphatic carbocycles. The van der Waals surface area contributed by atoms with Crippen LogP contribution in [-0.2, 0) is 6.61 Å². The largest absolute Gasteiger partial charge is 0.458 e. The lowest BCUT2D eigenvalue weighted by Gasteiger charge is -2.16. The molecule has 2 aromatic rings. The second kappa shape index (κ2) is 6.71. The van der Waals surface area contributed by atoms with Crippen LogP contribution < -0.4 is 15.0 Å². The Balaban J connectivity index is 1.77. The summed E-state index contributed by atoms with van der Waals surface area (Å²) in [5, 5.41) is 5.17. The van der Waals surface area contributed by atoms with Gasteiger partial charge in [0.05, 0.1) is 0 Å². The number of ether oxygens (including phenoxy) is 1. The number of aromatic nitrogens is 3. The molecular weight excluding hydrogens is 286 g/mol. The van der Waals surface area contributed by atoms with E-state index in [1.165, 1.54) is 12.8 Å². The van der Waals surface area contributed by atoms with Gasteiger partial charge in [-0.3, -0.25) is 0 Å². The van der Waals surface area contributed by atoms with Gasteiger partial charge in [0.25, 0.3) is 0 Å². The van der Waals surface area contributed by atoms with Crippen molar-refractivity contribution in [3.63, 3.8) is 0 Å². The highest BCUT2D eigenvalue weighted by atomic mass is 32.1. The van der Waals surface area contributed by atoms with Gasteiger partial charge in [-0.1, -0.05) is 6.07 Å². The number of hydrogen-bond donors (Lipinski definition) is 1. The molecule has 3 rings (SSSR count). The van der Waals surface area contributed by atoms with E-state index in [1.807, 2.05) is 24.4 Å². The van der Waals surface area contributed by atoms with E-state index in [0.717, 1.165) is 24.5 Å². The molecule has 3 heterocycles. The van der Waals surface area contributed by atoms with Crippen molar-refractivity contribution in [3.05, 3.63) is 22.4 Å². The Bertz CT molecular complexity index is 569. The molecule has 7 heteroatoms. The molecule has 21 heavy (non-hydrogen) atoms. The number of nitrogens with one attached hydrogen (secondary N) is 1. The molecule has 0 aromatic carbocycles. The smallest absolute Gasteiger partial charge is 0.323 e. The monoisotopic (exact) mass is 305 g/mol. The third-order valence-corrected chi connectivity index (χ3v) is 4.10. The molecule has 0 radical (unpaired) electrons. The minimum atomic E-state index is 0.385. The van der Waals surface area contributed by atoms with Crippen LogP contribution in [0.25, 0.3) is 0 Å². The van der Waals surface area contributed by atoms with Crippen molar-refractivity contribution in [2.24, 2.45) is 0 Å². The summed E-state index contributed by atoms with van der Waals surface area (Å²) in [7, 11) is 0. The van der Waals surface area contributed by atoms with Crippen LogP contribution in [0.5, 0.6) is 6.01 Å². The van der Waals surface area contributed by atoms with Crippen LogP contribution in [0.3, 0.4) is 0 Å². The first-order chi connectivity index (χ1) is 10.3. The topological polar surface area (TPSA) is 63.2 Å². The molecule has 112 valence electrons. The van der Waals surface area contributed by atoms with Crippen molar-refractivity contribution in [3.8, 4) is 6.01 Å². The molecule has 2 aromatic heterocycles. The lowest BCUT2D eigenvalue weighted by atomic mass is 10.4. The fraction of sp³-hybridized carbons (Fsp3) is 0.500. The fourth-order valence-electron chi connectivity index (χ4n) is 2.24. The summed E-state index contributed by atoms with van der Waals surface area (Å²) in [5.74, 6) is 1.29. The SMILES string of the molecule is CCNc1nc(OCc2cccs2)nc(N2CCCC2)n1. The molecule has 0 spiro atoms. The highest BCUT2D eigenvalue weighted by Gasteiger charge is 2.17. The van der Waals surface area contributed by atoms with Gasteiger partial charge < -0.3 is 15.0 Å². The Morgan fingerprint density at radius 3 is 2.86 bits per heavy atom. The number of anilines is 2. The second-order valence-corrected chi connectivity index (χ2v) is 5.87. The Hall–Kier alpha value is -1.89. The van der Waals surface area contributed by atoms with Crippen molar-refractivity contribution in [2.45, 2.75) is 26.4 Å². The maximum Gasteiger partial charge on any atom is 0.323 e. The van der Waals surface area contributed by atoms with Crippen LogP contribution in [0.1, 0.15) is 24.6 Å². The molecule has 1 N–H and O–H groups in total. The van der Waals surface area contributed by atoms with Crippen molar-refractivity contribution in [1.29, 1.82) is 0 Å². The summed E-state index contributed by atoms with van der Waals surface area (Å²) in [6.45, 7) is 5.28. The van der Waals surface area contributed by atoms with E-state index in [4.69, 9.17) is 4.74 Å². The number of rotatable bonds is 6. The minimum Gasteiger partial charge on any atom is -0.458 e. The summed E-state index contributed by atoms with van der Waals surface area (Å²) in [4.78, 5) is 16.6. The average Bonchev–Trinajstić information content (AvgIpc) is 3.19. The third-order valence-electron chi connectivity index (χ3n) is 3.25. The van der Waals surface area contributed by atoms with Crippen LogP contribution in [0.2, 0.25) is 0 Å². The van der Waals surface area contributed by atoms with Crippen molar-refractivity contribution < 1.29 is 4.74 Å². The zero-order chi connectivity index (χ0) is 14.5. The van der Waals surface area contributed by atoms with E-state index in [1.54, 1.807) is 11.3 Å². The molecule has 1 fully saturated rings. The van der Waals surface area contributed by atoms with Crippen LogP contribution in [0.4, 0.5) is 11.9 Å². The van der Waals surface area contributed by atoms with Crippen LogP contribution in [-0.4, -0.2) is 34.6 Å². The molecule has 0 unspecified atom stereocenters. The van der Waals surface area contributed by atoms with Crippen LogP contribution in [0.15, 0.2) is 17.5 Å². The third kappa shape index (κ3) is 3.60. The first-order valence-corrected chi connectivity index (χ1v) is 8.13. The highest BCUT2D eigenvalue weighted by molar-refractivity contribution is 7.09. The lowest BCUT2D eigenvalue weighted by molar-refractivity contribution is 0.283. The van der Waals surface area contributed by atoms with E-state index >= 15 is 0 Å².